The number of hydrogen-bond donors (Lipinski definition) is 1. The van der Waals surface area contributed by atoms with Gasteiger partial charge in [-0.15, -0.1) is 0 Å². The summed E-state index contributed by atoms with van der Waals surface area (Å²) >= 11 is 0. The lowest BCUT2D eigenvalue weighted by molar-refractivity contribution is 0.0906. The van der Waals surface area contributed by atoms with Crippen molar-refractivity contribution in [3.05, 3.63) is 0 Å². The van der Waals surface area contributed by atoms with Gasteiger partial charge in [0.15, 0.2) is 5.72 Å². The van der Waals surface area contributed by atoms with Crippen LogP contribution < -0.4 is 5.48 Å². The molecule has 0 unspecified atom stereocenters. The zero-order chi connectivity index (χ0) is 10.1. The molecule has 0 aromatic rings. The predicted octanol–water partition coefficient (Wildman–Crippen LogP) is 3.38. The highest BCUT2D eigenvalue weighted by Crippen LogP contribution is 2.48. The van der Waals surface area contributed by atoms with Gasteiger partial charge in [-0.05, 0) is 25.7 Å². The highest BCUT2D eigenvalue weighted by molar-refractivity contribution is 4.98. The molecule has 0 spiro atoms. The topological polar surface area (TPSA) is 34.5 Å². The fourth-order valence-corrected chi connectivity index (χ4v) is 3.79. The van der Waals surface area contributed by atoms with Gasteiger partial charge in [-0.3, -0.25) is 4.84 Å². The molecule has 0 amide bonds. The molecular formula is C13H23NO. The first-order valence-corrected chi connectivity index (χ1v) is 6.87. The molecule has 2 saturated carbocycles. The largest absolute Gasteiger partial charge is 0.274 e. The van der Waals surface area contributed by atoms with E-state index in [9.17, 15) is 0 Å². The minimum absolute atomic E-state index is 0.140. The number of hydroxylamine groups is 1. The first kappa shape index (κ1) is 10.1. The Labute approximate surface area is 92.7 Å². The SMILES string of the molecule is C1CCC(C2(C3CCCCC3)NO2)CC1. The van der Waals surface area contributed by atoms with E-state index in [2.05, 4.69) is 5.48 Å². The van der Waals surface area contributed by atoms with Gasteiger partial charge in [-0.2, -0.15) is 5.48 Å². The number of rotatable bonds is 2. The highest BCUT2D eigenvalue weighted by Gasteiger charge is 2.56. The summed E-state index contributed by atoms with van der Waals surface area (Å²) < 4.78 is 0. The van der Waals surface area contributed by atoms with Gasteiger partial charge in [0.05, 0.1) is 0 Å². The summed E-state index contributed by atoms with van der Waals surface area (Å²) in [5.74, 6) is 1.63. The molecule has 0 atom stereocenters. The molecule has 2 nitrogen and oxygen atoms in total. The third-order valence-corrected chi connectivity index (χ3v) is 4.76. The van der Waals surface area contributed by atoms with E-state index in [0.29, 0.717) is 0 Å². The van der Waals surface area contributed by atoms with Crippen LogP contribution in [0.25, 0.3) is 0 Å². The lowest BCUT2D eigenvalue weighted by atomic mass is 9.72. The molecule has 2 heteroatoms. The van der Waals surface area contributed by atoms with E-state index < -0.39 is 0 Å². The van der Waals surface area contributed by atoms with E-state index >= 15 is 0 Å². The van der Waals surface area contributed by atoms with E-state index in [4.69, 9.17) is 4.84 Å². The Morgan fingerprint density at radius 1 is 0.733 bits per heavy atom. The first-order valence-electron chi connectivity index (χ1n) is 6.87. The molecule has 3 fully saturated rings. The van der Waals surface area contributed by atoms with Gasteiger partial charge < -0.3 is 0 Å². The zero-order valence-corrected chi connectivity index (χ0v) is 9.63. The van der Waals surface area contributed by atoms with E-state index in [1.54, 1.807) is 0 Å². The molecule has 3 aliphatic rings. The van der Waals surface area contributed by atoms with Crippen LogP contribution in [0.5, 0.6) is 0 Å². The molecule has 86 valence electrons. The van der Waals surface area contributed by atoms with Gasteiger partial charge in [0.25, 0.3) is 0 Å². The van der Waals surface area contributed by atoms with Crippen LogP contribution in [0.2, 0.25) is 0 Å². The Bertz CT molecular complexity index is 193. The minimum Gasteiger partial charge on any atom is -0.274 e. The summed E-state index contributed by atoms with van der Waals surface area (Å²) in [6.45, 7) is 0. The Kier molecular flexibility index (Phi) is 2.73. The standard InChI is InChI=1S/C13H23NO/c1-3-7-11(8-4-1)13(14-15-13)12-9-5-2-6-10-12/h11-12,14H,1-10H2. The molecule has 0 aromatic heterocycles. The van der Waals surface area contributed by atoms with E-state index in [-0.39, 0.29) is 5.72 Å². The average Bonchev–Trinajstić information content (AvgIpc) is 3.13. The number of hydrogen-bond acceptors (Lipinski definition) is 2. The van der Waals surface area contributed by atoms with Crippen LogP contribution in [0.15, 0.2) is 0 Å². The van der Waals surface area contributed by atoms with Crippen LogP contribution in [0, 0.1) is 11.8 Å². The lowest BCUT2D eigenvalue weighted by Gasteiger charge is -2.33. The third kappa shape index (κ3) is 1.83. The van der Waals surface area contributed by atoms with Gasteiger partial charge in [-0.25, -0.2) is 0 Å². The van der Waals surface area contributed by atoms with Gasteiger partial charge >= 0.3 is 0 Å². The summed E-state index contributed by atoms with van der Waals surface area (Å²) in [6.07, 6.45) is 14.1. The van der Waals surface area contributed by atoms with Gasteiger partial charge in [0.2, 0.25) is 0 Å². The van der Waals surface area contributed by atoms with Gasteiger partial charge in [0, 0.05) is 11.8 Å². The Hall–Kier alpha value is -0.0800. The molecule has 1 heterocycles. The van der Waals surface area contributed by atoms with Gasteiger partial charge in [-0.1, -0.05) is 38.5 Å². The van der Waals surface area contributed by atoms with Crippen molar-refractivity contribution in [1.29, 1.82) is 0 Å². The fraction of sp³-hybridized carbons (Fsp3) is 1.00. The van der Waals surface area contributed by atoms with Crippen molar-refractivity contribution < 1.29 is 4.84 Å². The van der Waals surface area contributed by atoms with Crippen LogP contribution in [0.1, 0.15) is 64.2 Å². The minimum atomic E-state index is 0.140. The summed E-state index contributed by atoms with van der Waals surface area (Å²) in [6, 6.07) is 0. The molecule has 0 aromatic carbocycles. The molecule has 3 rings (SSSR count). The summed E-state index contributed by atoms with van der Waals surface area (Å²) in [5, 5.41) is 0. The maximum Gasteiger partial charge on any atom is 0.167 e. The first-order chi connectivity index (χ1) is 7.42. The molecule has 15 heavy (non-hydrogen) atoms. The van der Waals surface area contributed by atoms with Crippen LogP contribution >= 0.6 is 0 Å². The Balaban J connectivity index is 1.66. The van der Waals surface area contributed by atoms with Crippen LogP contribution in [-0.4, -0.2) is 5.72 Å². The molecule has 1 saturated heterocycles. The second-order valence-electron chi connectivity index (χ2n) is 5.67. The second kappa shape index (κ2) is 4.06. The molecule has 0 bridgehead atoms. The van der Waals surface area contributed by atoms with Crippen molar-refractivity contribution in [1.82, 2.24) is 5.48 Å². The average molecular weight is 209 g/mol. The maximum absolute atomic E-state index is 5.73. The third-order valence-electron chi connectivity index (χ3n) is 4.76. The van der Waals surface area contributed by atoms with E-state index in [1.807, 2.05) is 0 Å². The van der Waals surface area contributed by atoms with Gasteiger partial charge in [0.1, 0.15) is 0 Å². The molecule has 1 aliphatic heterocycles. The van der Waals surface area contributed by atoms with Crippen molar-refractivity contribution in [2.45, 2.75) is 69.9 Å². The van der Waals surface area contributed by atoms with Crippen LogP contribution in [0.4, 0.5) is 0 Å². The predicted molar refractivity (Wildman–Crippen MR) is 60.1 cm³/mol. The zero-order valence-electron chi connectivity index (χ0n) is 9.63. The van der Waals surface area contributed by atoms with Crippen LogP contribution in [0.3, 0.4) is 0 Å². The van der Waals surface area contributed by atoms with Crippen molar-refractivity contribution in [2.24, 2.45) is 11.8 Å². The highest BCUT2D eigenvalue weighted by atomic mass is 16.8. The summed E-state index contributed by atoms with van der Waals surface area (Å²) in [5.41, 5.74) is 3.43. The maximum atomic E-state index is 5.73. The van der Waals surface area contributed by atoms with Crippen LogP contribution in [-0.2, 0) is 4.84 Å². The fourth-order valence-electron chi connectivity index (χ4n) is 3.79. The van der Waals surface area contributed by atoms with Crippen molar-refractivity contribution in [3.8, 4) is 0 Å². The lowest BCUT2D eigenvalue weighted by Crippen LogP contribution is -2.38. The summed E-state index contributed by atoms with van der Waals surface area (Å²) in [4.78, 5) is 5.73. The quantitative estimate of drug-likeness (QED) is 0.707. The number of nitrogens with one attached hydrogen (secondary N) is 1. The van der Waals surface area contributed by atoms with E-state index in [0.717, 1.165) is 11.8 Å². The van der Waals surface area contributed by atoms with Crippen molar-refractivity contribution in [3.63, 3.8) is 0 Å². The monoisotopic (exact) mass is 209 g/mol. The molecule has 0 radical (unpaired) electrons. The molecule has 2 aliphatic carbocycles. The second-order valence-corrected chi connectivity index (χ2v) is 5.67. The molecular weight excluding hydrogens is 186 g/mol. The smallest absolute Gasteiger partial charge is 0.167 e. The Morgan fingerprint density at radius 3 is 1.47 bits per heavy atom. The van der Waals surface area contributed by atoms with E-state index in [1.165, 1.54) is 64.2 Å². The summed E-state index contributed by atoms with van der Waals surface area (Å²) in [7, 11) is 0. The Morgan fingerprint density at radius 2 is 1.13 bits per heavy atom. The molecule has 1 N–H and O–H groups in total. The van der Waals surface area contributed by atoms with Crippen molar-refractivity contribution >= 4 is 0 Å². The van der Waals surface area contributed by atoms with Crippen molar-refractivity contribution in [2.75, 3.05) is 0 Å². The normalized spacial score (nSPS) is 32.8.